The molecule has 20 heavy (non-hydrogen) atoms. The molecule has 1 aliphatic rings. The Labute approximate surface area is 132 Å². The SMILES string of the molecule is CSC(C)(C)CNc1c(Br)cnn(CC2CCC2)c1=O. The Kier molecular flexibility index (Phi) is 5.18. The van der Waals surface area contributed by atoms with Crippen LogP contribution in [-0.4, -0.2) is 27.3 Å². The van der Waals surface area contributed by atoms with Gasteiger partial charge in [0.15, 0.2) is 0 Å². The van der Waals surface area contributed by atoms with Crippen LogP contribution < -0.4 is 10.9 Å². The lowest BCUT2D eigenvalue weighted by atomic mass is 9.85. The Morgan fingerprint density at radius 1 is 1.55 bits per heavy atom. The topological polar surface area (TPSA) is 46.9 Å². The summed E-state index contributed by atoms with van der Waals surface area (Å²) in [6, 6.07) is 0. The molecule has 0 bridgehead atoms. The summed E-state index contributed by atoms with van der Waals surface area (Å²) in [6.45, 7) is 5.81. The Hall–Kier alpha value is -0.490. The first kappa shape index (κ1) is 15.9. The maximum absolute atomic E-state index is 12.5. The molecule has 1 aliphatic carbocycles. The van der Waals surface area contributed by atoms with E-state index in [1.54, 1.807) is 22.6 Å². The van der Waals surface area contributed by atoms with Gasteiger partial charge >= 0.3 is 0 Å². The van der Waals surface area contributed by atoms with Gasteiger partial charge in [-0.15, -0.1) is 0 Å². The Balaban J connectivity index is 2.14. The van der Waals surface area contributed by atoms with Crippen molar-refractivity contribution in [1.82, 2.24) is 9.78 Å². The monoisotopic (exact) mass is 359 g/mol. The third-order valence-corrected chi connectivity index (χ3v) is 5.75. The fourth-order valence-corrected chi connectivity index (χ4v) is 2.67. The van der Waals surface area contributed by atoms with E-state index in [-0.39, 0.29) is 10.3 Å². The number of aromatic nitrogens is 2. The van der Waals surface area contributed by atoms with Gasteiger partial charge < -0.3 is 5.32 Å². The van der Waals surface area contributed by atoms with Crippen molar-refractivity contribution in [3.05, 3.63) is 21.0 Å². The van der Waals surface area contributed by atoms with Crippen LogP contribution in [0.1, 0.15) is 33.1 Å². The summed E-state index contributed by atoms with van der Waals surface area (Å²) in [5, 5.41) is 7.52. The van der Waals surface area contributed by atoms with E-state index in [1.165, 1.54) is 19.3 Å². The van der Waals surface area contributed by atoms with Crippen molar-refractivity contribution in [2.75, 3.05) is 18.1 Å². The van der Waals surface area contributed by atoms with Gasteiger partial charge in [-0.25, -0.2) is 4.68 Å². The molecule has 0 spiro atoms. The van der Waals surface area contributed by atoms with E-state index >= 15 is 0 Å². The minimum Gasteiger partial charge on any atom is -0.378 e. The molecule has 0 saturated heterocycles. The van der Waals surface area contributed by atoms with Crippen LogP contribution in [-0.2, 0) is 6.54 Å². The Morgan fingerprint density at radius 3 is 2.80 bits per heavy atom. The van der Waals surface area contributed by atoms with E-state index in [2.05, 4.69) is 46.4 Å². The molecule has 1 saturated carbocycles. The molecule has 0 radical (unpaired) electrons. The molecule has 2 rings (SSSR count). The highest BCUT2D eigenvalue weighted by Crippen LogP contribution is 2.28. The highest BCUT2D eigenvalue weighted by atomic mass is 79.9. The van der Waals surface area contributed by atoms with Crippen LogP contribution in [0.2, 0.25) is 0 Å². The quantitative estimate of drug-likeness (QED) is 0.845. The van der Waals surface area contributed by atoms with Crippen LogP contribution >= 0.6 is 27.7 Å². The van der Waals surface area contributed by atoms with Crippen LogP contribution in [0, 0.1) is 5.92 Å². The van der Waals surface area contributed by atoms with E-state index in [9.17, 15) is 4.79 Å². The standard InChI is InChI=1S/C14H22BrN3OS/c1-14(2,20-3)9-16-12-11(15)7-17-18(13(12)19)8-10-5-4-6-10/h7,10,16H,4-6,8-9H2,1-3H3. The molecular formula is C14H22BrN3OS. The molecular weight excluding hydrogens is 338 g/mol. The highest BCUT2D eigenvalue weighted by molar-refractivity contribution is 9.10. The summed E-state index contributed by atoms with van der Waals surface area (Å²) in [5.74, 6) is 0.622. The van der Waals surface area contributed by atoms with E-state index in [1.807, 2.05) is 0 Å². The molecule has 1 N–H and O–H groups in total. The van der Waals surface area contributed by atoms with E-state index in [4.69, 9.17) is 0 Å². The fraction of sp³-hybridized carbons (Fsp3) is 0.714. The van der Waals surface area contributed by atoms with Gasteiger partial charge in [-0.05, 0) is 54.8 Å². The summed E-state index contributed by atoms with van der Waals surface area (Å²) in [6.07, 6.45) is 7.51. The van der Waals surface area contributed by atoms with Gasteiger partial charge in [0, 0.05) is 17.8 Å². The molecule has 0 aliphatic heterocycles. The zero-order chi connectivity index (χ0) is 14.8. The van der Waals surface area contributed by atoms with Crippen LogP contribution in [0.3, 0.4) is 0 Å². The van der Waals surface area contributed by atoms with Crippen molar-refractivity contribution >= 4 is 33.4 Å². The Morgan fingerprint density at radius 2 is 2.25 bits per heavy atom. The molecule has 112 valence electrons. The first-order valence-corrected chi connectivity index (χ1v) is 8.99. The number of hydrogen-bond acceptors (Lipinski definition) is 4. The first-order valence-electron chi connectivity index (χ1n) is 6.97. The summed E-state index contributed by atoms with van der Waals surface area (Å²) in [5.41, 5.74) is 0.602. The molecule has 4 nitrogen and oxygen atoms in total. The number of nitrogens with one attached hydrogen (secondary N) is 1. The molecule has 0 unspecified atom stereocenters. The van der Waals surface area contributed by atoms with Gasteiger partial charge in [0.05, 0.1) is 10.7 Å². The average Bonchev–Trinajstić information content (AvgIpc) is 2.35. The van der Waals surface area contributed by atoms with Crippen molar-refractivity contribution < 1.29 is 0 Å². The van der Waals surface area contributed by atoms with Gasteiger partial charge in [-0.1, -0.05) is 6.42 Å². The number of nitrogens with zero attached hydrogens (tertiary/aromatic N) is 2. The summed E-state index contributed by atoms with van der Waals surface area (Å²) in [4.78, 5) is 12.5. The number of anilines is 1. The summed E-state index contributed by atoms with van der Waals surface area (Å²) >= 11 is 5.21. The number of halogens is 1. The molecule has 1 aromatic rings. The second kappa shape index (κ2) is 6.52. The summed E-state index contributed by atoms with van der Waals surface area (Å²) < 4.78 is 2.43. The minimum atomic E-state index is -0.0248. The molecule has 0 amide bonds. The molecule has 1 aromatic heterocycles. The third-order valence-electron chi connectivity index (χ3n) is 3.90. The fourth-order valence-electron chi connectivity index (χ4n) is 2.05. The number of rotatable bonds is 6. The van der Waals surface area contributed by atoms with Crippen LogP contribution in [0.4, 0.5) is 5.69 Å². The van der Waals surface area contributed by atoms with Crippen molar-refractivity contribution in [1.29, 1.82) is 0 Å². The van der Waals surface area contributed by atoms with Crippen molar-refractivity contribution in [2.45, 2.75) is 44.4 Å². The second-order valence-corrected chi connectivity index (χ2v) is 8.34. The Bertz CT molecular complexity index is 526. The minimum absolute atomic E-state index is 0.0248. The largest absolute Gasteiger partial charge is 0.378 e. The van der Waals surface area contributed by atoms with Crippen LogP contribution in [0.25, 0.3) is 0 Å². The van der Waals surface area contributed by atoms with Crippen molar-refractivity contribution in [3.8, 4) is 0 Å². The zero-order valence-corrected chi connectivity index (χ0v) is 14.7. The number of thioether (sulfide) groups is 1. The van der Waals surface area contributed by atoms with Crippen LogP contribution in [0.5, 0.6) is 0 Å². The maximum Gasteiger partial charge on any atom is 0.291 e. The first-order chi connectivity index (χ1) is 9.43. The van der Waals surface area contributed by atoms with Gasteiger partial charge in [-0.2, -0.15) is 16.9 Å². The van der Waals surface area contributed by atoms with E-state index in [0.717, 1.165) is 17.6 Å². The van der Waals surface area contributed by atoms with Gasteiger partial charge in [0.2, 0.25) is 0 Å². The normalized spacial score (nSPS) is 16.0. The van der Waals surface area contributed by atoms with E-state index in [0.29, 0.717) is 11.6 Å². The second-order valence-electron chi connectivity index (χ2n) is 5.97. The third kappa shape index (κ3) is 3.79. The molecule has 6 heteroatoms. The molecule has 0 aromatic carbocycles. The zero-order valence-electron chi connectivity index (χ0n) is 12.3. The summed E-state index contributed by atoms with van der Waals surface area (Å²) in [7, 11) is 0. The van der Waals surface area contributed by atoms with Gasteiger partial charge in [0.1, 0.15) is 5.69 Å². The molecule has 0 atom stereocenters. The average molecular weight is 360 g/mol. The maximum atomic E-state index is 12.5. The lowest BCUT2D eigenvalue weighted by molar-refractivity contribution is 0.262. The smallest absolute Gasteiger partial charge is 0.291 e. The molecule has 1 heterocycles. The lowest BCUT2D eigenvalue weighted by Gasteiger charge is -2.26. The van der Waals surface area contributed by atoms with Crippen molar-refractivity contribution in [2.24, 2.45) is 5.92 Å². The number of hydrogen-bond donors (Lipinski definition) is 1. The predicted octanol–water partition coefficient (Wildman–Crippen LogP) is 3.36. The highest BCUT2D eigenvalue weighted by Gasteiger charge is 2.21. The van der Waals surface area contributed by atoms with Crippen LogP contribution in [0.15, 0.2) is 15.5 Å². The van der Waals surface area contributed by atoms with Crippen molar-refractivity contribution in [3.63, 3.8) is 0 Å². The van der Waals surface area contributed by atoms with Gasteiger partial charge in [0.25, 0.3) is 5.56 Å². The van der Waals surface area contributed by atoms with Gasteiger partial charge in [-0.3, -0.25) is 4.79 Å². The lowest BCUT2D eigenvalue weighted by Crippen LogP contribution is -2.33. The molecule has 1 fully saturated rings. The predicted molar refractivity (Wildman–Crippen MR) is 89.6 cm³/mol. The van der Waals surface area contributed by atoms with E-state index < -0.39 is 0 Å².